The number of nitrogens with zero attached hydrogens (tertiary/aromatic N) is 1. The number of hydrogen-bond acceptors (Lipinski definition) is 1. The molecule has 1 heterocycles. The van der Waals surface area contributed by atoms with Crippen LogP contribution in [-0.4, -0.2) is 0 Å². The van der Waals surface area contributed by atoms with E-state index in [1.807, 2.05) is 17.4 Å². The van der Waals surface area contributed by atoms with Crippen molar-refractivity contribution in [3.8, 4) is 0 Å². The highest BCUT2D eigenvalue weighted by Gasteiger charge is 2.25. The van der Waals surface area contributed by atoms with Crippen LogP contribution in [-0.2, 0) is 6.54 Å². The minimum Gasteiger partial charge on any atom is -1.00 e. The van der Waals surface area contributed by atoms with Crippen LogP contribution in [0.15, 0.2) is 35.4 Å². The second-order valence-electron chi connectivity index (χ2n) is 7.02. The molecule has 1 aromatic carbocycles. The molecule has 1 aliphatic carbocycles. The average Bonchev–Trinajstić information content (AvgIpc) is 2.72. The van der Waals surface area contributed by atoms with E-state index in [0.29, 0.717) is 5.41 Å². The molecule has 1 nitrogen and oxygen atoms in total. The molecule has 1 aliphatic rings. The zero-order valence-electron chi connectivity index (χ0n) is 14.1. The second-order valence-corrected chi connectivity index (χ2v) is 8.52. The Bertz CT molecular complexity index is 786. The summed E-state index contributed by atoms with van der Waals surface area (Å²) in [6.45, 7) is 10.1. The molecule has 0 amide bonds. The minimum absolute atomic E-state index is 0. The predicted molar refractivity (Wildman–Crippen MR) is 97.5 cm³/mol. The molecule has 0 bridgehead atoms. The maximum absolute atomic E-state index is 6.17. The summed E-state index contributed by atoms with van der Waals surface area (Å²) in [4.78, 5) is 0. The van der Waals surface area contributed by atoms with Gasteiger partial charge in [0.1, 0.15) is 11.2 Å². The van der Waals surface area contributed by atoms with Crippen LogP contribution in [0.2, 0.25) is 5.02 Å². The van der Waals surface area contributed by atoms with Gasteiger partial charge in [-0.15, -0.1) is 0 Å². The molecular weight excluding hydrogens is 437 g/mol. The Morgan fingerprint density at radius 3 is 2.70 bits per heavy atom. The van der Waals surface area contributed by atoms with Crippen molar-refractivity contribution < 1.29 is 28.5 Å². The van der Waals surface area contributed by atoms with Gasteiger partial charge >= 0.3 is 0 Å². The molecule has 0 atom stereocenters. The fourth-order valence-electron chi connectivity index (χ4n) is 3.55. The van der Waals surface area contributed by atoms with Gasteiger partial charge in [-0.2, -0.15) is 4.57 Å². The van der Waals surface area contributed by atoms with Gasteiger partial charge in [0, 0.05) is 17.2 Å². The normalized spacial score (nSPS) is 18.8. The van der Waals surface area contributed by atoms with Crippen molar-refractivity contribution in [2.24, 2.45) is 5.41 Å². The SMILES string of the molecule is CC[n+]1c(/C=C2\C=C(C)CC(C)(C)C2)sc2ccc(Cl)cc21.[I-]. The first-order chi connectivity index (χ1) is 10.4. The molecule has 1 aromatic heterocycles. The summed E-state index contributed by atoms with van der Waals surface area (Å²) in [6, 6.07) is 6.18. The van der Waals surface area contributed by atoms with Crippen LogP contribution in [0.1, 0.15) is 45.5 Å². The summed E-state index contributed by atoms with van der Waals surface area (Å²) in [5, 5.41) is 2.12. The van der Waals surface area contributed by atoms with Crippen LogP contribution >= 0.6 is 22.9 Å². The van der Waals surface area contributed by atoms with Gasteiger partial charge in [-0.05, 0) is 49.8 Å². The Balaban J connectivity index is 0.00000192. The molecule has 0 saturated heterocycles. The van der Waals surface area contributed by atoms with Crippen molar-refractivity contribution in [1.29, 1.82) is 0 Å². The first kappa shape index (κ1) is 18.9. The number of thiazole rings is 1. The Morgan fingerprint density at radius 2 is 2.04 bits per heavy atom. The number of halogens is 2. The third-order valence-electron chi connectivity index (χ3n) is 4.19. The van der Waals surface area contributed by atoms with Gasteiger partial charge in [0.15, 0.2) is 0 Å². The maximum atomic E-state index is 6.17. The van der Waals surface area contributed by atoms with Crippen LogP contribution in [0.5, 0.6) is 0 Å². The highest BCUT2D eigenvalue weighted by molar-refractivity contribution is 7.18. The number of hydrogen-bond donors (Lipinski definition) is 0. The fraction of sp³-hybridized carbons (Fsp3) is 0.421. The van der Waals surface area contributed by atoms with Gasteiger partial charge in [0.25, 0.3) is 5.01 Å². The standard InChI is InChI=1S/C19H23ClNS.HI/c1-5-21-16-10-15(20)6-7-17(16)22-18(21)9-14-8-13(2)11-19(3,4)12-14;/h6-10H,5,11-12H2,1-4H3;1H/q+1;/p-1/b14-9+;. The Kier molecular flexibility index (Phi) is 5.96. The predicted octanol–water partition coefficient (Wildman–Crippen LogP) is 3.02. The van der Waals surface area contributed by atoms with Crippen LogP contribution in [0.3, 0.4) is 0 Å². The van der Waals surface area contributed by atoms with E-state index in [9.17, 15) is 0 Å². The van der Waals surface area contributed by atoms with E-state index in [2.05, 4.69) is 56.5 Å². The molecule has 0 unspecified atom stereocenters. The minimum atomic E-state index is 0. The molecule has 4 heteroatoms. The molecule has 3 rings (SSSR count). The lowest BCUT2D eigenvalue weighted by Crippen LogP contribution is -3.00. The Labute approximate surface area is 165 Å². The number of aromatic nitrogens is 1. The van der Waals surface area contributed by atoms with Gasteiger partial charge in [-0.25, -0.2) is 0 Å². The van der Waals surface area contributed by atoms with E-state index >= 15 is 0 Å². The molecule has 0 N–H and O–H groups in total. The van der Waals surface area contributed by atoms with E-state index in [1.54, 1.807) is 0 Å². The van der Waals surface area contributed by atoms with Gasteiger partial charge < -0.3 is 24.0 Å². The number of aryl methyl sites for hydroxylation is 1. The molecule has 0 fully saturated rings. The first-order valence-electron chi connectivity index (χ1n) is 7.87. The lowest BCUT2D eigenvalue weighted by atomic mass is 9.75. The van der Waals surface area contributed by atoms with Crippen molar-refractivity contribution >= 4 is 39.2 Å². The van der Waals surface area contributed by atoms with Crippen molar-refractivity contribution in [2.45, 2.75) is 47.1 Å². The molecule has 124 valence electrons. The molecule has 23 heavy (non-hydrogen) atoms. The quantitative estimate of drug-likeness (QED) is 0.480. The number of rotatable bonds is 2. The van der Waals surface area contributed by atoms with Crippen molar-refractivity contribution in [2.75, 3.05) is 0 Å². The first-order valence-corrected chi connectivity index (χ1v) is 9.07. The molecule has 0 saturated carbocycles. The monoisotopic (exact) mass is 459 g/mol. The van der Waals surface area contributed by atoms with E-state index in [4.69, 9.17) is 11.6 Å². The Morgan fingerprint density at radius 1 is 1.30 bits per heavy atom. The van der Waals surface area contributed by atoms with Gasteiger partial charge in [0.2, 0.25) is 5.52 Å². The van der Waals surface area contributed by atoms with E-state index in [-0.39, 0.29) is 24.0 Å². The van der Waals surface area contributed by atoms with Crippen molar-refractivity contribution in [3.63, 3.8) is 0 Å². The van der Waals surface area contributed by atoms with Crippen molar-refractivity contribution in [1.82, 2.24) is 0 Å². The largest absolute Gasteiger partial charge is 1.00 e. The maximum Gasteiger partial charge on any atom is 0.263 e. The summed E-state index contributed by atoms with van der Waals surface area (Å²) >= 11 is 8.02. The fourth-order valence-corrected chi connectivity index (χ4v) is 4.90. The zero-order chi connectivity index (χ0) is 15.9. The lowest BCUT2D eigenvalue weighted by Gasteiger charge is -2.29. The summed E-state index contributed by atoms with van der Waals surface area (Å²) < 4.78 is 3.66. The topological polar surface area (TPSA) is 3.88 Å². The van der Waals surface area contributed by atoms with E-state index in [1.165, 1.54) is 32.8 Å². The van der Waals surface area contributed by atoms with E-state index in [0.717, 1.165) is 18.0 Å². The third kappa shape index (κ3) is 4.18. The average molecular weight is 460 g/mol. The Hall–Kier alpha value is -0.390. The second kappa shape index (κ2) is 7.24. The van der Waals surface area contributed by atoms with Crippen LogP contribution in [0.4, 0.5) is 0 Å². The smallest absolute Gasteiger partial charge is 0.263 e. The molecule has 0 spiro atoms. The number of benzene rings is 1. The molecule has 0 radical (unpaired) electrons. The van der Waals surface area contributed by atoms with Crippen LogP contribution in [0, 0.1) is 5.41 Å². The summed E-state index contributed by atoms with van der Waals surface area (Å²) in [6.07, 6.45) is 7.07. The molecule has 2 aromatic rings. The van der Waals surface area contributed by atoms with Crippen LogP contribution in [0.25, 0.3) is 16.3 Å². The molecular formula is C19H23ClINS. The van der Waals surface area contributed by atoms with Gasteiger partial charge in [-0.3, -0.25) is 0 Å². The lowest BCUT2D eigenvalue weighted by molar-refractivity contribution is -0.665. The summed E-state index contributed by atoms with van der Waals surface area (Å²) in [7, 11) is 0. The summed E-state index contributed by atoms with van der Waals surface area (Å²) in [5.41, 5.74) is 4.52. The van der Waals surface area contributed by atoms with Crippen molar-refractivity contribution in [3.05, 3.63) is 45.5 Å². The summed E-state index contributed by atoms with van der Waals surface area (Å²) in [5.74, 6) is 0. The third-order valence-corrected chi connectivity index (χ3v) is 5.54. The highest BCUT2D eigenvalue weighted by atomic mass is 127. The number of allylic oxidation sites excluding steroid dienone is 3. The van der Waals surface area contributed by atoms with Gasteiger partial charge in [0.05, 0.1) is 0 Å². The van der Waals surface area contributed by atoms with Gasteiger partial charge in [-0.1, -0.05) is 48.4 Å². The number of fused-ring (bicyclic) bond motifs is 1. The highest BCUT2D eigenvalue weighted by Crippen LogP contribution is 2.38. The van der Waals surface area contributed by atoms with Crippen LogP contribution < -0.4 is 28.5 Å². The van der Waals surface area contributed by atoms with E-state index < -0.39 is 0 Å². The zero-order valence-corrected chi connectivity index (χ0v) is 17.8. The molecule has 0 aliphatic heterocycles.